The second kappa shape index (κ2) is 6.64. The molecule has 0 aromatic heterocycles. The van der Waals surface area contributed by atoms with Gasteiger partial charge < -0.3 is 15.2 Å². The SMILES string of the molecule is COCCNC(C)C(O)c1cc(F)ccc1F. The molecule has 0 spiro atoms. The lowest BCUT2D eigenvalue weighted by Crippen LogP contribution is -2.34. The molecule has 1 rings (SSSR count). The molecule has 0 saturated heterocycles. The van der Waals surface area contributed by atoms with Crippen molar-refractivity contribution in [2.24, 2.45) is 0 Å². The second-order valence-electron chi connectivity index (χ2n) is 3.85. The van der Waals surface area contributed by atoms with Gasteiger partial charge in [0.1, 0.15) is 11.6 Å². The molecule has 0 saturated carbocycles. The van der Waals surface area contributed by atoms with Crippen LogP contribution in [0.3, 0.4) is 0 Å². The predicted octanol–water partition coefficient (Wildman–Crippen LogP) is 1.62. The Morgan fingerprint density at radius 3 is 2.76 bits per heavy atom. The molecule has 1 aromatic rings. The van der Waals surface area contributed by atoms with Crippen LogP contribution in [-0.2, 0) is 4.74 Å². The molecule has 0 amide bonds. The fourth-order valence-electron chi connectivity index (χ4n) is 1.51. The molecule has 2 unspecified atom stereocenters. The Hall–Kier alpha value is -1.04. The molecule has 0 aliphatic heterocycles. The molecule has 0 aliphatic rings. The number of rotatable bonds is 6. The van der Waals surface area contributed by atoms with Crippen molar-refractivity contribution >= 4 is 0 Å². The average Bonchev–Trinajstić information content (AvgIpc) is 2.31. The van der Waals surface area contributed by atoms with Crippen molar-refractivity contribution in [3.8, 4) is 0 Å². The molecule has 3 nitrogen and oxygen atoms in total. The van der Waals surface area contributed by atoms with E-state index in [0.717, 1.165) is 18.2 Å². The summed E-state index contributed by atoms with van der Waals surface area (Å²) in [4.78, 5) is 0. The quantitative estimate of drug-likeness (QED) is 0.748. The van der Waals surface area contributed by atoms with Crippen molar-refractivity contribution in [3.05, 3.63) is 35.4 Å². The maximum absolute atomic E-state index is 13.4. The number of ether oxygens (including phenoxy) is 1. The van der Waals surface area contributed by atoms with Gasteiger partial charge in [-0.1, -0.05) is 0 Å². The maximum Gasteiger partial charge on any atom is 0.129 e. The van der Waals surface area contributed by atoms with E-state index < -0.39 is 17.7 Å². The Balaban J connectivity index is 2.67. The molecule has 0 heterocycles. The molecule has 0 aliphatic carbocycles. The van der Waals surface area contributed by atoms with Crippen molar-refractivity contribution in [1.82, 2.24) is 5.32 Å². The highest BCUT2D eigenvalue weighted by Crippen LogP contribution is 2.21. The standard InChI is InChI=1S/C12H17F2NO2/c1-8(15-5-6-17-2)12(16)10-7-9(13)3-4-11(10)14/h3-4,7-8,12,15-16H,5-6H2,1-2H3. The molecular formula is C12H17F2NO2. The zero-order valence-corrected chi connectivity index (χ0v) is 9.91. The van der Waals surface area contributed by atoms with E-state index in [2.05, 4.69) is 5.32 Å². The van der Waals surface area contributed by atoms with Crippen LogP contribution >= 0.6 is 0 Å². The van der Waals surface area contributed by atoms with Gasteiger partial charge in [0.2, 0.25) is 0 Å². The highest BCUT2D eigenvalue weighted by molar-refractivity contribution is 5.22. The molecule has 17 heavy (non-hydrogen) atoms. The minimum atomic E-state index is -1.09. The Morgan fingerprint density at radius 1 is 1.41 bits per heavy atom. The number of hydrogen-bond donors (Lipinski definition) is 2. The van der Waals surface area contributed by atoms with Gasteiger partial charge in [0.25, 0.3) is 0 Å². The smallest absolute Gasteiger partial charge is 0.129 e. The lowest BCUT2D eigenvalue weighted by Gasteiger charge is -2.21. The van der Waals surface area contributed by atoms with E-state index in [1.54, 1.807) is 14.0 Å². The first-order valence-electron chi connectivity index (χ1n) is 5.41. The van der Waals surface area contributed by atoms with Crippen molar-refractivity contribution < 1.29 is 18.6 Å². The number of hydrogen-bond acceptors (Lipinski definition) is 3. The number of aliphatic hydroxyl groups excluding tert-OH is 1. The minimum Gasteiger partial charge on any atom is -0.387 e. The molecule has 0 bridgehead atoms. The highest BCUT2D eigenvalue weighted by atomic mass is 19.1. The summed E-state index contributed by atoms with van der Waals surface area (Å²) in [6.07, 6.45) is -1.09. The zero-order valence-electron chi connectivity index (χ0n) is 9.91. The third-order valence-electron chi connectivity index (χ3n) is 2.52. The van der Waals surface area contributed by atoms with Gasteiger partial charge in [0, 0.05) is 25.3 Å². The fourth-order valence-corrected chi connectivity index (χ4v) is 1.51. The number of methoxy groups -OCH3 is 1. The van der Waals surface area contributed by atoms with Crippen LogP contribution in [-0.4, -0.2) is 31.4 Å². The number of benzene rings is 1. The molecule has 2 atom stereocenters. The summed E-state index contributed by atoms with van der Waals surface area (Å²) in [5.74, 6) is -1.18. The Labute approximate surface area is 99.4 Å². The maximum atomic E-state index is 13.4. The van der Waals surface area contributed by atoms with Gasteiger partial charge in [0.05, 0.1) is 12.7 Å². The van der Waals surface area contributed by atoms with E-state index in [4.69, 9.17) is 4.74 Å². The number of halogens is 2. The predicted molar refractivity (Wildman–Crippen MR) is 60.7 cm³/mol. The second-order valence-corrected chi connectivity index (χ2v) is 3.85. The summed E-state index contributed by atoms with van der Waals surface area (Å²) in [5, 5.41) is 12.8. The van der Waals surface area contributed by atoms with E-state index in [1.165, 1.54) is 0 Å². The first kappa shape index (κ1) is 14.0. The van der Waals surface area contributed by atoms with E-state index in [-0.39, 0.29) is 11.6 Å². The van der Waals surface area contributed by atoms with Gasteiger partial charge in [-0.25, -0.2) is 8.78 Å². The summed E-state index contributed by atoms with van der Waals surface area (Å²) < 4.78 is 31.2. The van der Waals surface area contributed by atoms with Crippen LogP contribution < -0.4 is 5.32 Å². The van der Waals surface area contributed by atoms with Crippen LogP contribution in [0, 0.1) is 11.6 Å². The summed E-state index contributed by atoms with van der Waals surface area (Å²) in [5.41, 5.74) is -0.0394. The van der Waals surface area contributed by atoms with E-state index in [9.17, 15) is 13.9 Å². The third-order valence-corrected chi connectivity index (χ3v) is 2.52. The highest BCUT2D eigenvalue weighted by Gasteiger charge is 2.19. The van der Waals surface area contributed by atoms with Gasteiger partial charge in [-0.2, -0.15) is 0 Å². The van der Waals surface area contributed by atoms with Crippen molar-refractivity contribution in [2.75, 3.05) is 20.3 Å². The van der Waals surface area contributed by atoms with Gasteiger partial charge >= 0.3 is 0 Å². The van der Waals surface area contributed by atoms with Gasteiger partial charge in [-0.05, 0) is 25.1 Å². The van der Waals surface area contributed by atoms with Crippen LogP contribution in [0.2, 0.25) is 0 Å². The molecular weight excluding hydrogens is 228 g/mol. The van der Waals surface area contributed by atoms with Gasteiger partial charge in [-0.3, -0.25) is 0 Å². The zero-order chi connectivity index (χ0) is 12.8. The molecule has 0 fully saturated rings. The van der Waals surface area contributed by atoms with Crippen molar-refractivity contribution in [2.45, 2.75) is 19.1 Å². The Morgan fingerprint density at radius 2 is 2.12 bits per heavy atom. The van der Waals surface area contributed by atoms with Crippen molar-refractivity contribution in [1.29, 1.82) is 0 Å². The van der Waals surface area contributed by atoms with Crippen LogP contribution in [0.5, 0.6) is 0 Å². The summed E-state index contributed by atoms with van der Waals surface area (Å²) in [6, 6.07) is 2.65. The van der Waals surface area contributed by atoms with E-state index >= 15 is 0 Å². The fraction of sp³-hybridized carbons (Fsp3) is 0.500. The van der Waals surface area contributed by atoms with Crippen molar-refractivity contribution in [3.63, 3.8) is 0 Å². The molecule has 96 valence electrons. The monoisotopic (exact) mass is 245 g/mol. The van der Waals surface area contributed by atoms with E-state index in [1.807, 2.05) is 0 Å². The Kier molecular flexibility index (Phi) is 5.47. The number of nitrogens with one attached hydrogen (secondary N) is 1. The Bertz CT molecular complexity index is 360. The molecule has 5 heteroatoms. The average molecular weight is 245 g/mol. The van der Waals surface area contributed by atoms with Crippen LogP contribution in [0.15, 0.2) is 18.2 Å². The summed E-state index contributed by atoms with van der Waals surface area (Å²) >= 11 is 0. The number of aliphatic hydroxyl groups is 1. The van der Waals surface area contributed by atoms with Crippen LogP contribution in [0.25, 0.3) is 0 Å². The van der Waals surface area contributed by atoms with E-state index in [0.29, 0.717) is 13.2 Å². The molecule has 0 radical (unpaired) electrons. The van der Waals surface area contributed by atoms with Gasteiger partial charge in [-0.15, -0.1) is 0 Å². The molecule has 2 N–H and O–H groups in total. The minimum absolute atomic E-state index is 0.0394. The first-order valence-corrected chi connectivity index (χ1v) is 5.41. The molecule has 1 aromatic carbocycles. The summed E-state index contributed by atoms with van der Waals surface area (Å²) in [6.45, 7) is 2.72. The topological polar surface area (TPSA) is 41.5 Å². The first-order chi connectivity index (χ1) is 8.06. The van der Waals surface area contributed by atoms with Gasteiger partial charge in [0.15, 0.2) is 0 Å². The summed E-state index contributed by atoms with van der Waals surface area (Å²) in [7, 11) is 1.56. The largest absolute Gasteiger partial charge is 0.387 e. The third kappa shape index (κ3) is 4.03. The van der Waals surface area contributed by atoms with Crippen LogP contribution in [0.1, 0.15) is 18.6 Å². The lowest BCUT2D eigenvalue weighted by atomic mass is 10.0. The van der Waals surface area contributed by atoms with Crippen LogP contribution in [0.4, 0.5) is 8.78 Å². The normalized spacial score (nSPS) is 14.6. The lowest BCUT2D eigenvalue weighted by molar-refractivity contribution is 0.123.